The fourth-order valence-electron chi connectivity index (χ4n) is 7.96. The minimum Gasteiger partial charge on any atom is -0.393 e. The molecule has 162 valence electrons. The predicted molar refractivity (Wildman–Crippen MR) is 107 cm³/mol. The Bertz CT molecular complexity index is 541. The van der Waals surface area contributed by atoms with E-state index >= 15 is 0 Å². The molecule has 4 fully saturated rings. The van der Waals surface area contributed by atoms with Crippen LogP contribution in [0, 0.1) is 34.5 Å². The van der Waals surface area contributed by atoms with Gasteiger partial charge in [0.05, 0.1) is 18.3 Å². The molecule has 4 rings (SSSR count). The first-order chi connectivity index (χ1) is 13.4. The number of ether oxygens (including phenoxy) is 4. The van der Waals surface area contributed by atoms with Crippen molar-refractivity contribution in [3.63, 3.8) is 0 Å². The van der Waals surface area contributed by atoms with E-state index in [-0.39, 0.29) is 23.0 Å². The summed E-state index contributed by atoms with van der Waals surface area (Å²) in [6.07, 6.45) is 9.34. The van der Waals surface area contributed by atoms with Gasteiger partial charge in [-0.1, -0.05) is 13.8 Å². The van der Waals surface area contributed by atoms with Gasteiger partial charge in [-0.3, -0.25) is 0 Å². The summed E-state index contributed by atoms with van der Waals surface area (Å²) in [6.45, 7) is 5.72. The van der Waals surface area contributed by atoms with Gasteiger partial charge in [0.15, 0.2) is 0 Å². The third kappa shape index (κ3) is 3.35. The molecule has 5 nitrogen and oxygen atoms in total. The lowest BCUT2D eigenvalue weighted by molar-refractivity contribution is -0.211. The van der Waals surface area contributed by atoms with Gasteiger partial charge in [-0.15, -0.1) is 0 Å². The summed E-state index contributed by atoms with van der Waals surface area (Å²) in [5.41, 5.74) is 0.524. The summed E-state index contributed by atoms with van der Waals surface area (Å²) in [7, 11) is 3.41. The Balaban J connectivity index is 1.59. The highest BCUT2D eigenvalue weighted by molar-refractivity contribution is 5.11. The summed E-state index contributed by atoms with van der Waals surface area (Å²) < 4.78 is 22.9. The molecule has 4 saturated carbocycles. The van der Waals surface area contributed by atoms with Crippen LogP contribution in [-0.4, -0.2) is 51.2 Å². The topological polar surface area (TPSA) is 57.2 Å². The monoisotopic (exact) mass is 396 g/mol. The van der Waals surface area contributed by atoms with Crippen molar-refractivity contribution in [2.24, 2.45) is 34.5 Å². The maximum absolute atomic E-state index is 10.4. The van der Waals surface area contributed by atoms with Crippen LogP contribution in [-0.2, 0) is 18.9 Å². The maximum atomic E-state index is 10.4. The Morgan fingerprint density at radius 1 is 0.786 bits per heavy atom. The number of rotatable bonds is 6. The zero-order valence-electron chi connectivity index (χ0n) is 18.2. The molecule has 4 aliphatic rings. The molecule has 0 saturated heterocycles. The van der Waals surface area contributed by atoms with Crippen LogP contribution in [0.2, 0.25) is 0 Å². The van der Waals surface area contributed by atoms with E-state index in [1.54, 1.807) is 14.2 Å². The first-order valence-electron chi connectivity index (χ1n) is 11.3. The number of aliphatic hydroxyl groups is 1. The van der Waals surface area contributed by atoms with Crippen molar-refractivity contribution in [3.8, 4) is 0 Å². The fourth-order valence-corrected chi connectivity index (χ4v) is 7.96. The third-order valence-corrected chi connectivity index (χ3v) is 9.33. The minimum atomic E-state index is -0.171. The molecule has 0 aromatic heterocycles. The van der Waals surface area contributed by atoms with E-state index in [4.69, 9.17) is 18.9 Å². The van der Waals surface area contributed by atoms with Gasteiger partial charge in [0, 0.05) is 14.2 Å². The van der Waals surface area contributed by atoms with E-state index in [9.17, 15) is 5.11 Å². The lowest BCUT2D eigenvalue weighted by Gasteiger charge is -2.62. The highest BCUT2D eigenvalue weighted by atomic mass is 16.7. The van der Waals surface area contributed by atoms with E-state index in [2.05, 4.69) is 13.8 Å². The van der Waals surface area contributed by atoms with Gasteiger partial charge in [-0.05, 0) is 85.9 Å². The minimum absolute atomic E-state index is 0.171. The van der Waals surface area contributed by atoms with Crippen LogP contribution in [0.4, 0.5) is 0 Å². The summed E-state index contributed by atoms with van der Waals surface area (Å²) >= 11 is 0. The van der Waals surface area contributed by atoms with E-state index in [0.717, 1.165) is 38.0 Å². The molecular weight excluding hydrogens is 356 g/mol. The van der Waals surface area contributed by atoms with Crippen molar-refractivity contribution >= 4 is 0 Å². The molecule has 0 aliphatic heterocycles. The third-order valence-electron chi connectivity index (χ3n) is 9.33. The van der Waals surface area contributed by atoms with E-state index < -0.39 is 0 Å². The standard InChI is InChI=1S/C23H40O5/c1-22-9-7-15(24)11-19(22)20(27-13-25-3)12-16-17-5-6-21(28-14-26-4)23(17,2)10-8-18(16)22/h15-21,24H,5-14H2,1-4H3/t15-,16?,17?,18?,19+,20-,21-,22+,23-/m0/s1. The molecule has 28 heavy (non-hydrogen) atoms. The lowest BCUT2D eigenvalue weighted by Crippen LogP contribution is -2.59. The lowest BCUT2D eigenvalue weighted by atomic mass is 9.44. The maximum Gasteiger partial charge on any atom is 0.146 e. The molecule has 1 N–H and O–H groups in total. The van der Waals surface area contributed by atoms with Gasteiger partial charge >= 0.3 is 0 Å². The van der Waals surface area contributed by atoms with Crippen molar-refractivity contribution in [2.45, 2.75) is 83.5 Å². The second-order valence-corrected chi connectivity index (χ2v) is 10.4. The first-order valence-corrected chi connectivity index (χ1v) is 11.3. The predicted octanol–water partition coefficient (Wildman–Crippen LogP) is 3.98. The van der Waals surface area contributed by atoms with Crippen molar-refractivity contribution in [3.05, 3.63) is 0 Å². The van der Waals surface area contributed by atoms with E-state index in [0.29, 0.717) is 37.4 Å². The summed E-state index contributed by atoms with van der Waals surface area (Å²) in [4.78, 5) is 0. The van der Waals surface area contributed by atoms with Crippen molar-refractivity contribution in [1.29, 1.82) is 0 Å². The van der Waals surface area contributed by atoms with Crippen LogP contribution in [0.1, 0.15) is 65.2 Å². The normalized spacial score (nSPS) is 50.7. The average Bonchev–Trinajstić information content (AvgIpc) is 3.02. The van der Waals surface area contributed by atoms with Crippen LogP contribution >= 0.6 is 0 Å². The number of hydrogen-bond acceptors (Lipinski definition) is 5. The molecule has 0 bridgehead atoms. The molecule has 0 aromatic rings. The molecule has 3 unspecified atom stereocenters. The quantitative estimate of drug-likeness (QED) is 0.688. The van der Waals surface area contributed by atoms with Crippen LogP contribution in [0.25, 0.3) is 0 Å². The van der Waals surface area contributed by atoms with Gasteiger partial charge in [-0.25, -0.2) is 0 Å². The van der Waals surface area contributed by atoms with Gasteiger partial charge < -0.3 is 24.1 Å². The van der Waals surface area contributed by atoms with Crippen LogP contribution in [0.3, 0.4) is 0 Å². The second kappa shape index (κ2) is 8.14. The van der Waals surface area contributed by atoms with Gasteiger partial charge in [-0.2, -0.15) is 0 Å². The number of aliphatic hydroxyl groups excluding tert-OH is 1. The molecule has 9 atom stereocenters. The molecule has 0 aromatic carbocycles. The zero-order chi connectivity index (χ0) is 19.9. The van der Waals surface area contributed by atoms with Crippen molar-refractivity contribution in [1.82, 2.24) is 0 Å². The Labute approximate surface area is 170 Å². The Morgan fingerprint density at radius 2 is 1.46 bits per heavy atom. The average molecular weight is 397 g/mol. The summed E-state index contributed by atoms with van der Waals surface area (Å²) in [6, 6.07) is 0. The van der Waals surface area contributed by atoms with Gasteiger partial charge in [0.2, 0.25) is 0 Å². The van der Waals surface area contributed by atoms with Gasteiger partial charge in [0.1, 0.15) is 13.6 Å². The molecular formula is C23H40O5. The smallest absolute Gasteiger partial charge is 0.146 e. The van der Waals surface area contributed by atoms with E-state index in [1.807, 2.05) is 0 Å². The SMILES string of the molecule is COCO[C@H]1CC2C3CC[C@H](OCOC)[C@@]3(C)CCC2[C@@]2(C)CC[C@H](O)C[C@H]12. The molecule has 0 spiro atoms. The van der Waals surface area contributed by atoms with E-state index in [1.165, 1.54) is 19.3 Å². The largest absolute Gasteiger partial charge is 0.393 e. The first kappa shape index (κ1) is 21.0. The van der Waals surface area contributed by atoms with Crippen LogP contribution in [0.5, 0.6) is 0 Å². The zero-order valence-corrected chi connectivity index (χ0v) is 18.2. The molecule has 4 aliphatic carbocycles. The van der Waals surface area contributed by atoms with Crippen LogP contribution < -0.4 is 0 Å². The number of hydrogen-bond donors (Lipinski definition) is 1. The molecule has 0 amide bonds. The number of methoxy groups -OCH3 is 2. The Kier molecular flexibility index (Phi) is 6.12. The molecule has 5 heteroatoms. The Morgan fingerprint density at radius 3 is 2.21 bits per heavy atom. The fraction of sp³-hybridized carbons (Fsp3) is 1.00. The number of fused-ring (bicyclic) bond motifs is 5. The second-order valence-electron chi connectivity index (χ2n) is 10.4. The van der Waals surface area contributed by atoms with Crippen molar-refractivity contribution in [2.75, 3.05) is 27.8 Å². The molecule has 0 radical (unpaired) electrons. The highest BCUT2D eigenvalue weighted by Gasteiger charge is 2.62. The van der Waals surface area contributed by atoms with Gasteiger partial charge in [0.25, 0.3) is 0 Å². The summed E-state index contributed by atoms with van der Waals surface area (Å²) in [5.74, 6) is 2.57. The van der Waals surface area contributed by atoms with Crippen molar-refractivity contribution < 1.29 is 24.1 Å². The Hall–Kier alpha value is -0.200. The highest BCUT2D eigenvalue weighted by Crippen LogP contribution is 2.66. The molecule has 0 heterocycles. The summed E-state index contributed by atoms with van der Waals surface area (Å²) in [5, 5.41) is 10.4. The van der Waals surface area contributed by atoms with Crippen LogP contribution in [0.15, 0.2) is 0 Å².